The molecule has 3 nitrogen and oxygen atoms in total. The van der Waals surface area contributed by atoms with Crippen molar-refractivity contribution in [3.63, 3.8) is 0 Å². The first-order valence-corrected chi connectivity index (χ1v) is 27.2. The molecule has 0 saturated carbocycles. The Labute approximate surface area is 429 Å². The normalized spacial score (nSPS) is 16.5. The van der Waals surface area contributed by atoms with Crippen LogP contribution in [0.3, 0.4) is 0 Å². The van der Waals surface area contributed by atoms with Gasteiger partial charge in [0.1, 0.15) is 0 Å². The van der Waals surface area contributed by atoms with Gasteiger partial charge < -0.3 is 9.80 Å². The second kappa shape index (κ2) is 14.7. The number of anilines is 6. The number of rotatable bonds is 2. The zero-order valence-electron chi connectivity index (χ0n) is 43.5. The van der Waals surface area contributed by atoms with Crippen LogP contribution in [-0.2, 0) is 27.1 Å². The van der Waals surface area contributed by atoms with E-state index in [0.29, 0.717) is 0 Å². The van der Waals surface area contributed by atoms with Gasteiger partial charge in [-0.3, -0.25) is 4.98 Å². The molecule has 9 aromatic rings. The third kappa shape index (κ3) is 6.29. The molecule has 2 aliphatic heterocycles. The number of fused-ring (bicyclic) bond motifs is 16. The molecule has 0 amide bonds. The molecule has 3 aromatic heterocycles. The Morgan fingerprint density at radius 1 is 0.493 bits per heavy atom. The minimum absolute atomic E-state index is 0.0136. The highest BCUT2D eigenvalue weighted by Crippen LogP contribution is 2.65. The molecular formula is C65H62BN3S2. The van der Waals surface area contributed by atoms with Crippen LogP contribution in [0.4, 0.5) is 34.1 Å². The van der Waals surface area contributed by atoms with Gasteiger partial charge in [0.15, 0.2) is 0 Å². The summed E-state index contributed by atoms with van der Waals surface area (Å²) >= 11 is 3.97. The molecular weight excluding hydrogens is 898 g/mol. The lowest BCUT2D eigenvalue weighted by atomic mass is 9.36. The molecule has 71 heavy (non-hydrogen) atoms. The molecule has 352 valence electrons. The van der Waals surface area contributed by atoms with E-state index in [1.807, 2.05) is 28.9 Å². The average molecular weight is 960 g/mol. The Kier molecular flexibility index (Phi) is 9.26. The molecule has 0 bridgehead atoms. The summed E-state index contributed by atoms with van der Waals surface area (Å²) in [5.74, 6) is 0. The number of hydrogen-bond acceptors (Lipinski definition) is 5. The highest BCUT2D eigenvalue weighted by atomic mass is 32.1. The summed E-state index contributed by atoms with van der Waals surface area (Å²) in [5.41, 5.74) is 24.3. The van der Waals surface area contributed by atoms with Crippen LogP contribution >= 0.6 is 22.7 Å². The standard InChI is InChI=1S/C65H62BN3S2/c1-37-30-47-45-28-29-67-36-51(45)65(59(47)70-37)49-17-15-14-16-44(49)46-34-48-56(35-50(46)65)71-60-58(48)69(43-25-20-39(21-26-43)62(5,6)7)55-33-41(64(11,12)13)32-54-57(55)66(60)52-27-22-40(63(8,9)10)31-53(52)68(54)42-23-18-38(19-24-42)61(2,3)4/h14-36H,1-13H3. The summed E-state index contributed by atoms with van der Waals surface area (Å²) in [4.78, 5) is 12.9. The summed E-state index contributed by atoms with van der Waals surface area (Å²) in [6.45, 7) is 30.3. The van der Waals surface area contributed by atoms with E-state index in [4.69, 9.17) is 4.98 Å². The third-order valence-corrected chi connectivity index (χ3v) is 18.6. The minimum atomic E-state index is -0.438. The van der Waals surface area contributed by atoms with Gasteiger partial charge in [0, 0.05) is 65.4 Å². The van der Waals surface area contributed by atoms with Crippen molar-refractivity contribution in [1.82, 2.24) is 4.98 Å². The van der Waals surface area contributed by atoms with E-state index in [1.54, 1.807) is 0 Å². The van der Waals surface area contributed by atoms with E-state index in [2.05, 4.69) is 233 Å². The molecule has 0 fully saturated rings. The van der Waals surface area contributed by atoms with Crippen molar-refractivity contribution in [1.29, 1.82) is 0 Å². The van der Waals surface area contributed by atoms with Crippen LogP contribution in [0.25, 0.3) is 32.3 Å². The number of aromatic nitrogens is 1. The first-order valence-electron chi connectivity index (χ1n) is 25.5. The molecule has 6 heteroatoms. The second-order valence-corrected chi connectivity index (χ2v) is 27.3. The largest absolute Gasteiger partial charge is 0.311 e. The number of aryl methyl sites for hydroxylation is 1. The van der Waals surface area contributed by atoms with Gasteiger partial charge in [0.2, 0.25) is 0 Å². The predicted molar refractivity (Wildman–Crippen MR) is 307 cm³/mol. The van der Waals surface area contributed by atoms with Crippen LogP contribution in [-0.4, -0.2) is 11.7 Å². The van der Waals surface area contributed by atoms with Crippen LogP contribution in [0.5, 0.6) is 0 Å². The van der Waals surface area contributed by atoms with Gasteiger partial charge in [0.25, 0.3) is 6.71 Å². The van der Waals surface area contributed by atoms with Crippen LogP contribution < -0.4 is 25.5 Å². The number of pyridine rings is 1. The molecule has 2 aliphatic carbocycles. The summed E-state index contributed by atoms with van der Waals surface area (Å²) in [5, 5.41) is 1.31. The highest BCUT2D eigenvalue weighted by molar-refractivity contribution is 7.33. The van der Waals surface area contributed by atoms with Gasteiger partial charge in [0.05, 0.1) is 11.1 Å². The topological polar surface area (TPSA) is 19.4 Å². The fourth-order valence-electron chi connectivity index (χ4n) is 12.5. The molecule has 6 aromatic carbocycles. The summed E-state index contributed by atoms with van der Waals surface area (Å²) in [7, 11) is 0. The van der Waals surface area contributed by atoms with E-state index in [0.717, 1.165) is 0 Å². The van der Waals surface area contributed by atoms with E-state index in [9.17, 15) is 0 Å². The maximum absolute atomic E-state index is 4.85. The third-order valence-electron chi connectivity index (χ3n) is 16.3. The van der Waals surface area contributed by atoms with Crippen molar-refractivity contribution in [2.45, 2.75) is 117 Å². The zero-order chi connectivity index (χ0) is 49.5. The molecule has 1 atom stereocenters. The fraction of sp³-hybridized carbons (Fsp3) is 0.277. The molecule has 0 saturated heterocycles. The Morgan fingerprint density at radius 2 is 1.07 bits per heavy atom. The first kappa shape index (κ1) is 44.7. The lowest BCUT2D eigenvalue weighted by Crippen LogP contribution is -2.60. The number of nitrogens with zero attached hydrogens (tertiary/aromatic N) is 3. The Balaban J connectivity index is 1.15. The summed E-state index contributed by atoms with van der Waals surface area (Å²) in [6, 6.07) is 50.5. The molecule has 13 rings (SSSR count). The van der Waals surface area contributed by atoms with Gasteiger partial charge in [-0.05, 0) is 167 Å². The summed E-state index contributed by atoms with van der Waals surface area (Å²) in [6.07, 6.45) is 4.13. The Bertz CT molecular complexity index is 3710. The zero-order valence-corrected chi connectivity index (χ0v) is 45.1. The number of hydrogen-bond donors (Lipinski definition) is 0. The van der Waals surface area contributed by atoms with Crippen molar-refractivity contribution < 1.29 is 0 Å². The highest BCUT2D eigenvalue weighted by Gasteiger charge is 2.54. The average Bonchev–Trinajstić information content (AvgIpc) is 4.04. The smallest absolute Gasteiger partial charge is 0.264 e. The van der Waals surface area contributed by atoms with Crippen molar-refractivity contribution >= 4 is 89.3 Å². The fourth-order valence-corrected chi connectivity index (χ4v) is 15.1. The van der Waals surface area contributed by atoms with Gasteiger partial charge >= 0.3 is 0 Å². The SMILES string of the molecule is Cc1cc2c(s1)C1(c3ccccc3-c3cc4c5c(sc4cc31)B1c3ccc(C(C)(C)C)cc3N(c3ccc(C(C)(C)C)cc3)c3cc(C(C)(C)C)cc(c31)N5c1ccc(C(C)(C)C)cc1)c1cnccc1-2. The molecule has 4 aliphatic rings. The van der Waals surface area contributed by atoms with Crippen LogP contribution in [0.2, 0.25) is 0 Å². The predicted octanol–water partition coefficient (Wildman–Crippen LogP) is 16.3. The van der Waals surface area contributed by atoms with Gasteiger partial charge in [-0.2, -0.15) is 0 Å². The lowest BCUT2D eigenvalue weighted by Gasteiger charge is -2.44. The molecule has 0 N–H and O–H groups in total. The lowest BCUT2D eigenvalue weighted by molar-refractivity contribution is 0.589. The minimum Gasteiger partial charge on any atom is -0.311 e. The van der Waals surface area contributed by atoms with Crippen molar-refractivity contribution in [2.24, 2.45) is 0 Å². The van der Waals surface area contributed by atoms with Crippen molar-refractivity contribution in [2.75, 3.05) is 9.80 Å². The van der Waals surface area contributed by atoms with Crippen molar-refractivity contribution in [3.8, 4) is 22.3 Å². The van der Waals surface area contributed by atoms with E-state index in [-0.39, 0.29) is 28.4 Å². The molecule has 1 unspecified atom stereocenters. The van der Waals surface area contributed by atoms with Crippen molar-refractivity contribution in [3.05, 3.63) is 188 Å². The van der Waals surface area contributed by atoms with Gasteiger partial charge in [-0.25, -0.2) is 0 Å². The van der Waals surface area contributed by atoms with Crippen LogP contribution in [0, 0.1) is 6.92 Å². The molecule has 0 radical (unpaired) electrons. The summed E-state index contributed by atoms with van der Waals surface area (Å²) < 4.78 is 2.72. The Morgan fingerprint density at radius 3 is 1.72 bits per heavy atom. The first-order chi connectivity index (χ1) is 33.6. The molecule has 5 heterocycles. The van der Waals surface area contributed by atoms with E-state index < -0.39 is 5.41 Å². The van der Waals surface area contributed by atoms with Crippen LogP contribution in [0.1, 0.15) is 132 Å². The Hall–Kier alpha value is -6.21. The second-order valence-electron chi connectivity index (χ2n) is 24.9. The van der Waals surface area contributed by atoms with E-state index in [1.165, 1.54) is 131 Å². The van der Waals surface area contributed by atoms with E-state index >= 15 is 0 Å². The van der Waals surface area contributed by atoms with Gasteiger partial charge in [-0.1, -0.05) is 144 Å². The maximum atomic E-state index is 4.85. The molecule has 1 spiro atoms. The monoisotopic (exact) mass is 959 g/mol. The number of benzene rings is 6. The quantitative estimate of drug-likeness (QED) is 0.161. The maximum Gasteiger partial charge on any atom is 0.264 e. The number of thiophene rings is 2. The van der Waals surface area contributed by atoms with Crippen LogP contribution in [0.15, 0.2) is 140 Å². The van der Waals surface area contributed by atoms with Gasteiger partial charge in [-0.15, -0.1) is 22.7 Å².